The Morgan fingerprint density at radius 3 is 2.66 bits per heavy atom. The van der Waals surface area contributed by atoms with Gasteiger partial charge in [0.25, 0.3) is 5.91 Å². The molecule has 4 aromatic rings. The van der Waals surface area contributed by atoms with Crippen molar-refractivity contribution in [2.24, 2.45) is 0 Å². The first kappa shape index (κ1) is 25.4. The van der Waals surface area contributed by atoms with Crippen LogP contribution in [-0.4, -0.2) is 49.7 Å². The summed E-state index contributed by atoms with van der Waals surface area (Å²) in [4.78, 5) is 30.2. The molecule has 9 heteroatoms. The summed E-state index contributed by atoms with van der Waals surface area (Å²) in [7, 11) is 3.26. The van der Waals surface area contributed by atoms with Crippen molar-refractivity contribution in [1.82, 2.24) is 15.2 Å². The number of aromatic amines is 1. The first-order valence-corrected chi connectivity index (χ1v) is 12.6. The van der Waals surface area contributed by atoms with Crippen LogP contribution < -0.4 is 25.0 Å². The van der Waals surface area contributed by atoms with Crippen molar-refractivity contribution >= 4 is 16.8 Å². The number of H-pyrrole nitrogens is 1. The van der Waals surface area contributed by atoms with Crippen molar-refractivity contribution in [2.45, 2.75) is 25.9 Å². The van der Waals surface area contributed by atoms with Crippen molar-refractivity contribution in [3.8, 4) is 17.2 Å². The summed E-state index contributed by atoms with van der Waals surface area (Å²) in [5, 5.41) is 3.97. The van der Waals surface area contributed by atoms with E-state index in [1.165, 1.54) is 17.9 Å². The number of fused-ring (bicyclic) bond motifs is 2. The first-order chi connectivity index (χ1) is 18.5. The second-order valence-electron chi connectivity index (χ2n) is 9.26. The Labute approximate surface area is 220 Å². The number of benzene rings is 2. The zero-order valence-corrected chi connectivity index (χ0v) is 21.5. The van der Waals surface area contributed by atoms with Crippen LogP contribution in [0.5, 0.6) is 17.2 Å². The lowest BCUT2D eigenvalue weighted by Crippen LogP contribution is -2.31. The fourth-order valence-corrected chi connectivity index (χ4v) is 4.79. The summed E-state index contributed by atoms with van der Waals surface area (Å²) in [6.07, 6.45) is 4.78. The van der Waals surface area contributed by atoms with Gasteiger partial charge in [0.15, 0.2) is 18.1 Å². The number of methoxy groups -OCH3 is 2. The van der Waals surface area contributed by atoms with E-state index in [4.69, 9.17) is 18.6 Å². The highest BCUT2D eigenvalue weighted by atomic mass is 16.5. The molecule has 3 heterocycles. The molecule has 0 aliphatic carbocycles. The highest BCUT2D eigenvalue weighted by molar-refractivity contribution is 5.83. The number of ether oxygens (including phenoxy) is 3. The normalized spacial score (nSPS) is 13.2. The molecule has 0 saturated heterocycles. The molecule has 5 rings (SSSR count). The van der Waals surface area contributed by atoms with Crippen LogP contribution in [0, 0.1) is 0 Å². The van der Waals surface area contributed by atoms with Crippen molar-refractivity contribution in [3.63, 3.8) is 0 Å². The van der Waals surface area contributed by atoms with Gasteiger partial charge in [-0.15, -0.1) is 0 Å². The third-order valence-electron chi connectivity index (χ3n) is 6.78. The topological polar surface area (TPSA) is 106 Å². The lowest BCUT2D eigenvalue weighted by molar-refractivity contribution is -0.123. The minimum Gasteiger partial charge on any atom is -0.493 e. The average molecular weight is 518 g/mol. The molecule has 9 nitrogen and oxygen atoms in total. The lowest BCUT2D eigenvalue weighted by atomic mass is 9.98. The molecule has 0 unspecified atom stereocenters. The number of hydrogen-bond donors (Lipinski definition) is 2. The Balaban J connectivity index is 1.11. The number of nitrogens with one attached hydrogen (secondary N) is 2. The van der Waals surface area contributed by atoms with Crippen LogP contribution >= 0.6 is 0 Å². The molecule has 198 valence electrons. The van der Waals surface area contributed by atoms with E-state index in [0.717, 1.165) is 40.7 Å². The summed E-state index contributed by atoms with van der Waals surface area (Å²) >= 11 is 0. The van der Waals surface area contributed by atoms with Gasteiger partial charge >= 0.3 is 0 Å². The van der Waals surface area contributed by atoms with Gasteiger partial charge in [-0.05, 0) is 47.7 Å². The second kappa shape index (κ2) is 11.4. The van der Waals surface area contributed by atoms with Gasteiger partial charge in [-0.2, -0.15) is 0 Å². The monoisotopic (exact) mass is 517 g/mol. The van der Waals surface area contributed by atoms with Gasteiger partial charge in [0.1, 0.15) is 12.0 Å². The molecule has 38 heavy (non-hydrogen) atoms. The molecule has 1 aliphatic rings. The van der Waals surface area contributed by atoms with Crippen LogP contribution in [0.15, 0.2) is 64.1 Å². The second-order valence-corrected chi connectivity index (χ2v) is 9.26. The maximum absolute atomic E-state index is 12.6. The maximum Gasteiger partial charge on any atom is 0.257 e. The number of para-hydroxylation sites is 1. The van der Waals surface area contributed by atoms with Crippen molar-refractivity contribution < 1.29 is 23.4 Å². The van der Waals surface area contributed by atoms with E-state index in [1.807, 2.05) is 42.6 Å². The zero-order chi connectivity index (χ0) is 26.5. The van der Waals surface area contributed by atoms with Crippen molar-refractivity contribution in [3.05, 3.63) is 87.6 Å². The van der Waals surface area contributed by atoms with E-state index < -0.39 is 0 Å². The zero-order valence-electron chi connectivity index (χ0n) is 21.5. The van der Waals surface area contributed by atoms with Gasteiger partial charge in [-0.3, -0.25) is 14.5 Å². The molecule has 0 saturated carbocycles. The maximum atomic E-state index is 12.6. The standard InChI is InChI=1S/C29H31N3O6/c1-35-26-11-19-8-10-32(15-21(19)12-27(26)36-2)16-22-13-25(33)28(17-37-22)38-18-29(34)30-9-7-20-14-31-24-6-4-3-5-23(20)24/h3-6,11-14,17,31H,7-10,15-16,18H2,1-2H3,(H,30,34). The molecular weight excluding hydrogens is 486 g/mol. The van der Waals surface area contributed by atoms with E-state index in [1.54, 1.807) is 14.2 Å². The van der Waals surface area contributed by atoms with E-state index in [2.05, 4.69) is 15.2 Å². The highest BCUT2D eigenvalue weighted by Crippen LogP contribution is 2.33. The lowest BCUT2D eigenvalue weighted by Gasteiger charge is -2.29. The number of carbonyl (C=O) groups is 1. The Kier molecular flexibility index (Phi) is 7.65. The van der Waals surface area contributed by atoms with E-state index in [9.17, 15) is 9.59 Å². The van der Waals surface area contributed by atoms with Crippen LogP contribution in [0.25, 0.3) is 10.9 Å². The summed E-state index contributed by atoms with van der Waals surface area (Å²) in [6.45, 7) is 2.22. The van der Waals surface area contributed by atoms with Gasteiger partial charge < -0.3 is 28.9 Å². The van der Waals surface area contributed by atoms with E-state index in [-0.39, 0.29) is 23.7 Å². The van der Waals surface area contributed by atoms with Crippen molar-refractivity contribution in [2.75, 3.05) is 33.9 Å². The number of nitrogens with zero attached hydrogens (tertiary/aromatic N) is 1. The fraction of sp³-hybridized carbons (Fsp3) is 0.310. The molecule has 1 aliphatic heterocycles. The number of carbonyl (C=O) groups excluding carboxylic acids is 1. The minimum absolute atomic E-state index is 0.0151. The van der Waals surface area contributed by atoms with Crippen LogP contribution in [0.4, 0.5) is 0 Å². The van der Waals surface area contributed by atoms with Gasteiger partial charge in [0.2, 0.25) is 11.2 Å². The SMILES string of the molecule is COc1cc2c(cc1OC)CN(Cc1cc(=O)c(OCC(=O)NCCc3c[nH]c4ccccc34)co1)CC2. The molecule has 0 atom stereocenters. The fourth-order valence-electron chi connectivity index (χ4n) is 4.79. The number of hydrogen-bond acceptors (Lipinski definition) is 7. The summed E-state index contributed by atoms with van der Waals surface area (Å²) in [6, 6.07) is 13.5. The first-order valence-electron chi connectivity index (χ1n) is 12.6. The molecule has 2 N–H and O–H groups in total. The predicted octanol–water partition coefficient (Wildman–Crippen LogP) is 3.43. The Morgan fingerprint density at radius 2 is 1.87 bits per heavy atom. The van der Waals surface area contributed by atoms with E-state index in [0.29, 0.717) is 37.6 Å². The Bertz CT molecular complexity index is 1490. The summed E-state index contributed by atoms with van der Waals surface area (Å²) in [5.41, 5.74) is 4.27. The molecule has 0 fully saturated rings. The average Bonchev–Trinajstić information content (AvgIpc) is 3.35. The van der Waals surface area contributed by atoms with Crippen LogP contribution in [-0.2, 0) is 30.7 Å². The van der Waals surface area contributed by atoms with Crippen LogP contribution in [0.3, 0.4) is 0 Å². The minimum atomic E-state index is -0.318. The molecule has 2 aromatic heterocycles. The summed E-state index contributed by atoms with van der Waals surface area (Å²) < 4.78 is 21.9. The van der Waals surface area contributed by atoms with Gasteiger partial charge in [-0.25, -0.2) is 0 Å². The van der Waals surface area contributed by atoms with Crippen LogP contribution in [0.2, 0.25) is 0 Å². The third-order valence-corrected chi connectivity index (χ3v) is 6.78. The number of rotatable bonds is 10. The molecule has 0 spiro atoms. The van der Waals surface area contributed by atoms with Gasteiger partial charge in [-0.1, -0.05) is 18.2 Å². The highest BCUT2D eigenvalue weighted by Gasteiger charge is 2.20. The Morgan fingerprint density at radius 1 is 1.08 bits per heavy atom. The smallest absolute Gasteiger partial charge is 0.257 e. The molecular formula is C29H31N3O6. The van der Waals surface area contributed by atoms with Gasteiger partial charge in [0, 0.05) is 42.8 Å². The molecule has 0 bridgehead atoms. The van der Waals surface area contributed by atoms with Crippen LogP contribution in [0.1, 0.15) is 22.5 Å². The number of aromatic nitrogens is 1. The molecule has 1 amide bonds. The molecule has 0 radical (unpaired) electrons. The summed E-state index contributed by atoms with van der Waals surface area (Å²) in [5.74, 6) is 1.68. The molecule has 2 aromatic carbocycles. The predicted molar refractivity (Wildman–Crippen MR) is 143 cm³/mol. The van der Waals surface area contributed by atoms with E-state index >= 15 is 0 Å². The quantitative estimate of drug-likeness (QED) is 0.332. The van der Waals surface area contributed by atoms with Gasteiger partial charge in [0.05, 0.1) is 20.8 Å². The van der Waals surface area contributed by atoms with Crippen molar-refractivity contribution in [1.29, 1.82) is 0 Å². The Hall–Kier alpha value is -4.24. The number of amides is 1. The largest absolute Gasteiger partial charge is 0.493 e. The third kappa shape index (κ3) is 5.68.